The average Bonchev–Trinajstić information content (AvgIpc) is 2.51. The molecule has 0 spiro atoms. The molecule has 2 fully saturated rings. The lowest BCUT2D eigenvalue weighted by Gasteiger charge is -2.11. The van der Waals surface area contributed by atoms with Crippen molar-refractivity contribution in [2.75, 3.05) is 33.7 Å². The molecule has 2 rings (SSSR count). The Balaban J connectivity index is 1.71. The van der Waals surface area contributed by atoms with Gasteiger partial charge >= 0.3 is 0 Å². The molecule has 1 saturated heterocycles. The van der Waals surface area contributed by atoms with Gasteiger partial charge in [-0.15, -0.1) is 0 Å². The van der Waals surface area contributed by atoms with Crippen molar-refractivity contribution in [3.8, 4) is 0 Å². The second kappa shape index (κ2) is 3.27. The molecule has 1 heterocycles. The molecule has 0 aromatic rings. The van der Waals surface area contributed by atoms with E-state index >= 15 is 0 Å². The molecule has 4 heteroatoms. The summed E-state index contributed by atoms with van der Waals surface area (Å²) < 4.78 is 0. The Morgan fingerprint density at radius 3 is 2.62 bits per heavy atom. The first-order chi connectivity index (χ1) is 6.18. The maximum absolute atomic E-state index is 11.4. The van der Waals surface area contributed by atoms with Crippen LogP contribution in [0.4, 0.5) is 0 Å². The molecule has 0 aromatic carbocycles. The first-order valence-corrected chi connectivity index (χ1v) is 4.83. The number of nitrogens with zero attached hydrogens (tertiary/aromatic N) is 1. The molecular weight excluding hydrogens is 166 g/mol. The zero-order chi connectivity index (χ0) is 9.42. The number of rotatable bonds is 3. The van der Waals surface area contributed by atoms with Crippen molar-refractivity contribution in [1.82, 2.24) is 15.5 Å². The van der Waals surface area contributed by atoms with Crippen molar-refractivity contribution in [3.05, 3.63) is 0 Å². The normalized spacial score (nSPS) is 36.1. The number of piperidine rings is 1. The van der Waals surface area contributed by atoms with E-state index in [1.54, 1.807) is 0 Å². The Bertz CT molecular complexity index is 207. The lowest BCUT2D eigenvalue weighted by atomic mass is 10.4. The molecule has 74 valence electrons. The van der Waals surface area contributed by atoms with E-state index in [2.05, 4.69) is 10.6 Å². The van der Waals surface area contributed by atoms with Gasteiger partial charge in [0.1, 0.15) is 0 Å². The maximum atomic E-state index is 11.4. The molecule has 4 nitrogen and oxygen atoms in total. The monoisotopic (exact) mass is 183 g/mol. The van der Waals surface area contributed by atoms with Crippen LogP contribution in [0.3, 0.4) is 0 Å². The van der Waals surface area contributed by atoms with Gasteiger partial charge in [0.15, 0.2) is 0 Å². The van der Waals surface area contributed by atoms with E-state index in [4.69, 9.17) is 0 Å². The third-order valence-electron chi connectivity index (χ3n) is 2.88. The molecule has 0 radical (unpaired) electrons. The van der Waals surface area contributed by atoms with Crippen LogP contribution in [0.1, 0.15) is 0 Å². The Kier molecular flexibility index (Phi) is 2.26. The van der Waals surface area contributed by atoms with Crippen LogP contribution in [0, 0.1) is 11.8 Å². The highest BCUT2D eigenvalue weighted by atomic mass is 16.2. The smallest absolute Gasteiger partial charge is 0.234 e. The molecule has 0 bridgehead atoms. The SMILES string of the molecule is CN(C)CC(=O)NC1C2CNCC21. The molecule has 1 saturated carbocycles. The predicted molar refractivity (Wildman–Crippen MR) is 50.3 cm³/mol. The minimum Gasteiger partial charge on any atom is -0.352 e. The zero-order valence-corrected chi connectivity index (χ0v) is 8.21. The van der Waals surface area contributed by atoms with Crippen LogP contribution < -0.4 is 10.6 Å². The number of nitrogens with one attached hydrogen (secondary N) is 2. The summed E-state index contributed by atoms with van der Waals surface area (Å²) in [6, 6.07) is 0.466. The minimum absolute atomic E-state index is 0.157. The molecule has 2 N–H and O–H groups in total. The van der Waals surface area contributed by atoms with Crippen LogP contribution >= 0.6 is 0 Å². The molecule has 1 aliphatic carbocycles. The minimum atomic E-state index is 0.157. The molecule has 1 aliphatic heterocycles. The lowest BCUT2D eigenvalue weighted by Crippen LogP contribution is -2.38. The van der Waals surface area contributed by atoms with Gasteiger partial charge in [0.2, 0.25) is 5.91 Å². The number of amides is 1. The quantitative estimate of drug-likeness (QED) is 0.582. The largest absolute Gasteiger partial charge is 0.352 e. The number of fused-ring (bicyclic) bond motifs is 1. The highest BCUT2D eigenvalue weighted by Crippen LogP contribution is 2.41. The predicted octanol–water partition coefficient (Wildman–Crippen LogP) is -1.12. The van der Waals surface area contributed by atoms with E-state index in [9.17, 15) is 4.79 Å². The number of carbonyl (C=O) groups excluding carboxylic acids is 1. The van der Waals surface area contributed by atoms with E-state index < -0.39 is 0 Å². The highest BCUT2D eigenvalue weighted by Gasteiger charge is 2.53. The summed E-state index contributed by atoms with van der Waals surface area (Å²) in [6.45, 7) is 2.67. The molecular formula is C9H17N3O. The molecule has 13 heavy (non-hydrogen) atoms. The van der Waals surface area contributed by atoms with E-state index in [0.717, 1.165) is 13.1 Å². The summed E-state index contributed by atoms with van der Waals surface area (Å²) in [5, 5.41) is 6.37. The topological polar surface area (TPSA) is 44.4 Å². The van der Waals surface area contributed by atoms with Crippen LogP contribution in [0.5, 0.6) is 0 Å². The van der Waals surface area contributed by atoms with E-state index in [1.165, 1.54) is 0 Å². The summed E-state index contributed by atoms with van der Waals surface area (Å²) in [4.78, 5) is 13.3. The molecule has 1 amide bonds. The van der Waals surface area contributed by atoms with Gasteiger partial charge in [-0.05, 0) is 25.9 Å². The van der Waals surface area contributed by atoms with Crippen molar-refractivity contribution >= 4 is 5.91 Å². The van der Waals surface area contributed by atoms with Gasteiger partial charge in [-0.3, -0.25) is 4.79 Å². The van der Waals surface area contributed by atoms with Crippen LogP contribution in [-0.4, -0.2) is 50.6 Å². The Morgan fingerprint density at radius 1 is 1.46 bits per heavy atom. The number of hydrogen-bond acceptors (Lipinski definition) is 3. The first kappa shape index (κ1) is 8.97. The number of likely N-dealkylation sites (N-methyl/N-ethyl adjacent to an activating group) is 1. The third-order valence-corrected chi connectivity index (χ3v) is 2.88. The summed E-state index contributed by atoms with van der Waals surface area (Å²) in [6.07, 6.45) is 0. The van der Waals surface area contributed by atoms with Gasteiger partial charge in [0.05, 0.1) is 6.54 Å². The summed E-state index contributed by atoms with van der Waals surface area (Å²) in [7, 11) is 3.82. The van der Waals surface area contributed by atoms with Crippen molar-refractivity contribution in [3.63, 3.8) is 0 Å². The van der Waals surface area contributed by atoms with Gasteiger partial charge in [-0.1, -0.05) is 0 Å². The fourth-order valence-corrected chi connectivity index (χ4v) is 2.15. The fourth-order valence-electron chi connectivity index (χ4n) is 2.15. The van der Waals surface area contributed by atoms with Crippen LogP contribution in [-0.2, 0) is 4.79 Å². The Morgan fingerprint density at radius 2 is 2.08 bits per heavy atom. The molecule has 2 atom stereocenters. The van der Waals surface area contributed by atoms with E-state index in [0.29, 0.717) is 24.4 Å². The van der Waals surface area contributed by atoms with Crippen LogP contribution in [0.25, 0.3) is 0 Å². The lowest BCUT2D eigenvalue weighted by molar-refractivity contribution is -0.122. The number of carbonyl (C=O) groups is 1. The highest BCUT2D eigenvalue weighted by molar-refractivity contribution is 5.78. The van der Waals surface area contributed by atoms with Crippen LogP contribution in [0.2, 0.25) is 0 Å². The van der Waals surface area contributed by atoms with Crippen LogP contribution in [0.15, 0.2) is 0 Å². The zero-order valence-electron chi connectivity index (χ0n) is 8.21. The first-order valence-electron chi connectivity index (χ1n) is 4.83. The van der Waals surface area contributed by atoms with Gasteiger partial charge in [0.25, 0.3) is 0 Å². The average molecular weight is 183 g/mol. The molecule has 0 aromatic heterocycles. The summed E-state index contributed by atoms with van der Waals surface area (Å²) in [5.74, 6) is 1.58. The van der Waals surface area contributed by atoms with Gasteiger partial charge in [0, 0.05) is 19.1 Å². The van der Waals surface area contributed by atoms with Crippen molar-refractivity contribution < 1.29 is 4.79 Å². The Hall–Kier alpha value is -0.610. The second-order valence-electron chi connectivity index (χ2n) is 4.32. The standard InChI is InChI=1S/C9H17N3O/c1-12(2)5-8(13)11-9-6-3-10-4-7(6)9/h6-7,9-10H,3-5H2,1-2H3,(H,11,13). The van der Waals surface area contributed by atoms with Crippen molar-refractivity contribution in [2.45, 2.75) is 6.04 Å². The summed E-state index contributed by atoms with van der Waals surface area (Å²) in [5.41, 5.74) is 0. The fraction of sp³-hybridized carbons (Fsp3) is 0.889. The second-order valence-corrected chi connectivity index (χ2v) is 4.32. The third kappa shape index (κ3) is 1.84. The summed E-state index contributed by atoms with van der Waals surface area (Å²) >= 11 is 0. The van der Waals surface area contributed by atoms with Gasteiger partial charge in [-0.2, -0.15) is 0 Å². The number of hydrogen-bond donors (Lipinski definition) is 2. The van der Waals surface area contributed by atoms with Crippen molar-refractivity contribution in [1.29, 1.82) is 0 Å². The molecule has 2 unspecified atom stereocenters. The van der Waals surface area contributed by atoms with E-state index in [1.807, 2.05) is 19.0 Å². The molecule has 2 aliphatic rings. The van der Waals surface area contributed by atoms with Gasteiger partial charge in [-0.25, -0.2) is 0 Å². The van der Waals surface area contributed by atoms with Gasteiger partial charge < -0.3 is 15.5 Å². The van der Waals surface area contributed by atoms with E-state index in [-0.39, 0.29) is 5.91 Å². The Labute approximate surface area is 78.7 Å². The van der Waals surface area contributed by atoms with Crippen molar-refractivity contribution in [2.24, 2.45) is 11.8 Å². The maximum Gasteiger partial charge on any atom is 0.234 e.